The van der Waals surface area contributed by atoms with E-state index in [1.54, 1.807) is 0 Å². The van der Waals surface area contributed by atoms with E-state index in [0.29, 0.717) is 13.2 Å². The number of amides is 1. The van der Waals surface area contributed by atoms with Gasteiger partial charge in [0, 0.05) is 17.9 Å². The number of carbonyl (C=O) groups excluding carboxylic acids is 1. The quantitative estimate of drug-likeness (QED) is 0.779. The van der Waals surface area contributed by atoms with Gasteiger partial charge in [0.15, 0.2) is 0 Å². The van der Waals surface area contributed by atoms with E-state index in [4.69, 9.17) is 4.74 Å². The van der Waals surface area contributed by atoms with Crippen LogP contribution in [0.25, 0.3) is 11.1 Å². The van der Waals surface area contributed by atoms with Gasteiger partial charge in [-0.15, -0.1) is 0 Å². The molecule has 2 aromatic carbocycles. The van der Waals surface area contributed by atoms with E-state index in [2.05, 4.69) is 29.6 Å². The molecule has 0 aliphatic heterocycles. The lowest BCUT2D eigenvalue weighted by molar-refractivity contribution is 0.101. The first-order valence-corrected chi connectivity index (χ1v) is 9.34. The second kappa shape index (κ2) is 7.92. The van der Waals surface area contributed by atoms with Crippen molar-refractivity contribution in [2.75, 3.05) is 19.8 Å². The standard InChI is InChI=1S/C22H27NO3/c1-3-22(4-2,15-24)14-23-21(25)26-13-20-18-11-7-5-9-16(18)17-10-6-8-12-19(17)20/h5-12,20,24H,3-4,13-15H2,1-2H3,(H,23,25). The number of hydrogen-bond donors (Lipinski definition) is 2. The van der Waals surface area contributed by atoms with Crippen LogP contribution in [0.3, 0.4) is 0 Å². The highest BCUT2D eigenvalue weighted by Gasteiger charge is 2.30. The predicted octanol–water partition coefficient (Wildman–Crippen LogP) is 4.32. The molecule has 0 saturated carbocycles. The Kier molecular flexibility index (Phi) is 5.62. The molecule has 4 nitrogen and oxygen atoms in total. The van der Waals surface area contributed by atoms with Crippen LogP contribution in [-0.4, -0.2) is 31.0 Å². The van der Waals surface area contributed by atoms with Crippen molar-refractivity contribution in [2.24, 2.45) is 5.41 Å². The summed E-state index contributed by atoms with van der Waals surface area (Å²) >= 11 is 0. The van der Waals surface area contributed by atoms with Crippen molar-refractivity contribution in [3.8, 4) is 11.1 Å². The van der Waals surface area contributed by atoms with Crippen molar-refractivity contribution < 1.29 is 14.6 Å². The molecule has 1 aliphatic rings. The van der Waals surface area contributed by atoms with Crippen LogP contribution in [0.5, 0.6) is 0 Å². The van der Waals surface area contributed by atoms with Gasteiger partial charge in [0.2, 0.25) is 0 Å². The van der Waals surface area contributed by atoms with E-state index in [-0.39, 0.29) is 17.9 Å². The highest BCUT2D eigenvalue weighted by atomic mass is 16.5. The monoisotopic (exact) mass is 353 g/mol. The smallest absolute Gasteiger partial charge is 0.407 e. The summed E-state index contributed by atoms with van der Waals surface area (Å²) in [4.78, 5) is 12.2. The maximum absolute atomic E-state index is 12.2. The molecule has 0 spiro atoms. The summed E-state index contributed by atoms with van der Waals surface area (Å²) in [5, 5.41) is 12.4. The van der Waals surface area contributed by atoms with Gasteiger partial charge in [0.1, 0.15) is 6.61 Å². The molecule has 0 unspecified atom stereocenters. The van der Waals surface area contributed by atoms with Gasteiger partial charge in [0.05, 0.1) is 6.61 Å². The van der Waals surface area contributed by atoms with Crippen molar-refractivity contribution in [2.45, 2.75) is 32.6 Å². The van der Waals surface area contributed by atoms with Crippen molar-refractivity contribution in [3.63, 3.8) is 0 Å². The van der Waals surface area contributed by atoms with Crippen molar-refractivity contribution in [1.82, 2.24) is 5.32 Å². The summed E-state index contributed by atoms with van der Waals surface area (Å²) in [6.07, 6.45) is 1.19. The van der Waals surface area contributed by atoms with Crippen molar-refractivity contribution >= 4 is 6.09 Å². The van der Waals surface area contributed by atoms with E-state index in [1.807, 2.05) is 38.1 Å². The number of nitrogens with one attached hydrogen (secondary N) is 1. The van der Waals surface area contributed by atoms with Crippen LogP contribution in [-0.2, 0) is 4.74 Å². The summed E-state index contributed by atoms with van der Waals surface area (Å²) in [6.45, 7) is 4.85. The van der Waals surface area contributed by atoms with Gasteiger partial charge >= 0.3 is 6.09 Å². The van der Waals surface area contributed by atoms with Crippen molar-refractivity contribution in [3.05, 3.63) is 59.7 Å². The van der Waals surface area contributed by atoms with Crippen LogP contribution in [0.15, 0.2) is 48.5 Å². The fourth-order valence-electron chi connectivity index (χ4n) is 3.69. The Balaban J connectivity index is 1.66. The zero-order valence-corrected chi connectivity index (χ0v) is 15.5. The Labute approximate surface area is 155 Å². The van der Waals surface area contributed by atoms with Gasteiger partial charge in [0.25, 0.3) is 0 Å². The number of hydrogen-bond acceptors (Lipinski definition) is 3. The zero-order chi connectivity index (χ0) is 18.6. The molecule has 0 bridgehead atoms. The number of ether oxygens (including phenoxy) is 1. The molecule has 0 aromatic heterocycles. The van der Waals surface area contributed by atoms with Gasteiger partial charge in [-0.25, -0.2) is 4.79 Å². The Bertz CT molecular complexity index is 714. The second-order valence-electron chi connectivity index (χ2n) is 7.04. The molecule has 138 valence electrons. The molecular formula is C22H27NO3. The number of rotatable bonds is 7. The fourth-order valence-corrected chi connectivity index (χ4v) is 3.69. The molecule has 1 amide bonds. The average Bonchev–Trinajstić information content (AvgIpc) is 3.02. The molecule has 0 atom stereocenters. The van der Waals surface area contributed by atoms with Crippen LogP contribution in [0, 0.1) is 5.41 Å². The van der Waals surface area contributed by atoms with Crippen LogP contribution < -0.4 is 5.32 Å². The average molecular weight is 353 g/mol. The van der Waals surface area contributed by atoms with E-state index in [9.17, 15) is 9.90 Å². The topological polar surface area (TPSA) is 58.6 Å². The van der Waals surface area contributed by atoms with E-state index < -0.39 is 6.09 Å². The first-order chi connectivity index (χ1) is 12.6. The minimum atomic E-state index is -0.424. The minimum Gasteiger partial charge on any atom is -0.449 e. The number of carbonyl (C=O) groups is 1. The van der Waals surface area contributed by atoms with E-state index in [0.717, 1.165) is 12.8 Å². The van der Waals surface area contributed by atoms with Crippen LogP contribution in [0.4, 0.5) is 4.79 Å². The Morgan fingerprint density at radius 1 is 1.04 bits per heavy atom. The number of benzene rings is 2. The third kappa shape index (κ3) is 3.47. The number of aliphatic hydroxyl groups excluding tert-OH is 1. The third-order valence-electron chi connectivity index (χ3n) is 5.79. The van der Waals surface area contributed by atoms with E-state index in [1.165, 1.54) is 22.3 Å². The normalized spacial score (nSPS) is 13.2. The van der Waals surface area contributed by atoms with Crippen LogP contribution in [0.1, 0.15) is 43.7 Å². The van der Waals surface area contributed by atoms with Gasteiger partial charge < -0.3 is 15.2 Å². The van der Waals surface area contributed by atoms with Gasteiger partial charge in [-0.2, -0.15) is 0 Å². The number of fused-ring (bicyclic) bond motifs is 3. The minimum absolute atomic E-state index is 0.0592. The predicted molar refractivity (Wildman–Crippen MR) is 103 cm³/mol. The molecule has 0 heterocycles. The molecule has 2 N–H and O–H groups in total. The lowest BCUT2D eigenvalue weighted by atomic mass is 9.83. The lowest BCUT2D eigenvalue weighted by Gasteiger charge is -2.29. The first kappa shape index (κ1) is 18.5. The molecule has 0 saturated heterocycles. The van der Waals surface area contributed by atoms with Crippen LogP contribution >= 0.6 is 0 Å². The molecule has 0 radical (unpaired) electrons. The van der Waals surface area contributed by atoms with Crippen molar-refractivity contribution in [1.29, 1.82) is 0 Å². The summed E-state index contributed by atoms with van der Waals surface area (Å²) in [7, 11) is 0. The van der Waals surface area contributed by atoms with Crippen LogP contribution in [0.2, 0.25) is 0 Å². The molecule has 1 aliphatic carbocycles. The maximum Gasteiger partial charge on any atom is 0.407 e. The van der Waals surface area contributed by atoms with E-state index >= 15 is 0 Å². The largest absolute Gasteiger partial charge is 0.449 e. The maximum atomic E-state index is 12.2. The Morgan fingerprint density at radius 2 is 1.58 bits per heavy atom. The van der Waals surface area contributed by atoms with Gasteiger partial charge in [-0.05, 0) is 35.1 Å². The van der Waals surface area contributed by atoms with Gasteiger partial charge in [-0.3, -0.25) is 0 Å². The summed E-state index contributed by atoms with van der Waals surface area (Å²) in [5.41, 5.74) is 4.56. The highest BCUT2D eigenvalue weighted by Crippen LogP contribution is 2.44. The summed E-state index contributed by atoms with van der Waals surface area (Å²) < 4.78 is 5.54. The molecule has 2 aromatic rings. The summed E-state index contributed by atoms with van der Waals surface area (Å²) in [5.74, 6) is 0.0631. The molecule has 3 rings (SSSR count). The Morgan fingerprint density at radius 3 is 2.08 bits per heavy atom. The summed E-state index contributed by atoms with van der Waals surface area (Å²) in [6, 6.07) is 16.6. The SMILES string of the molecule is CCC(CC)(CO)CNC(=O)OCC1c2ccccc2-c2ccccc21. The molecule has 0 fully saturated rings. The number of alkyl carbamates (subject to hydrolysis) is 1. The first-order valence-electron chi connectivity index (χ1n) is 9.34. The highest BCUT2D eigenvalue weighted by molar-refractivity contribution is 5.79. The molecule has 4 heteroatoms. The van der Waals surface area contributed by atoms with Gasteiger partial charge in [-0.1, -0.05) is 62.4 Å². The Hall–Kier alpha value is -2.33. The third-order valence-corrected chi connectivity index (χ3v) is 5.79. The lowest BCUT2D eigenvalue weighted by Crippen LogP contribution is -2.39. The molecule has 26 heavy (non-hydrogen) atoms. The zero-order valence-electron chi connectivity index (χ0n) is 15.5. The second-order valence-corrected chi connectivity index (χ2v) is 7.04. The molecular weight excluding hydrogens is 326 g/mol. The fraction of sp³-hybridized carbons (Fsp3) is 0.409. The number of aliphatic hydroxyl groups is 1.